The number of carbonyl (C=O) groups excluding carboxylic acids is 1. The van der Waals surface area contributed by atoms with Gasteiger partial charge in [0, 0.05) is 11.8 Å². The van der Waals surface area contributed by atoms with Gasteiger partial charge in [0.25, 0.3) is 0 Å². The van der Waals surface area contributed by atoms with Crippen molar-refractivity contribution in [2.24, 2.45) is 10.9 Å². The summed E-state index contributed by atoms with van der Waals surface area (Å²) < 4.78 is 5.74. The second-order valence-corrected chi connectivity index (χ2v) is 10.1. The minimum absolute atomic E-state index is 0.0113. The zero-order chi connectivity index (χ0) is 24.9. The van der Waals surface area contributed by atoms with Crippen molar-refractivity contribution >= 4 is 22.8 Å². The van der Waals surface area contributed by atoms with Crippen LogP contribution in [0.4, 0.5) is 0 Å². The molecule has 1 aromatic heterocycles. The molecule has 2 unspecified atom stereocenters. The van der Waals surface area contributed by atoms with Crippen molar-refractivity contribution in [1.82, 2.24) is 10.3 Å². The summed E-state index contributed by atoms with van der Waals surface area (Å²) in [6.07, 6.45) is 8.67. The summed E-state index contributed by atoms with van der Waals surface area (Å²) in [5.41, 5.74) is 10.8. The van der Waals surface area contributed by atoms with Crippen molar-refractivity contribution < 1.29 is 9.53 Å². The van der Waals surface area contributed by atoms with E-state index in [1.807, 2.05) is 38.2 Å². The minimum atomic E-state index is -0.925. The fraction of sp³-hybridized carbons (Fsp3) is 0.423. The van der Waals surface area contributed by atoms with Crippen LogP contribution in [-0.4, -0.2) is 35.6 Å². The Morgan fingerprint density at radius 2 is 2.20 bits per heavy atom. The smallest absolute Gasteiger partial charge is 0.239 e. The highest BCUT2D eigenvalue weighted by molar-refractivity contribution is 7.16. The first kappa shape index (κ1) is 24.8. The summed E-state index contributed by atoms with van der Waals surface area (Å²) in [4.78, 5) is 28.6. The predicted molar refractivity (Wildman–Crippen MR) is 137 cm³/mol. The van der Waals surface area contributed by atoms with Gasteiger partial charge in [-0.3, -0.25) is 4.79 Å². The van der Waals surface area contributed by atoms with Crippen LogP contribution in [0.25, 0.3) is 16.1 Å². The van der Waals surface area contributed by atoms with Crippen molar-refractivity contribution in [3.63, 3.8) is 0 Å². The van der Waals surface area contributed by atoms with Gasteiger partial charge < -0.3 is 15.8 Å². The number of allylic oxidation sites excluding steroid dienone is 2. The highest BCUT2D eigenvalue weighted by Crippen LogP contribution is 2.43. The second kappa shape index (κ2) is 10.9. The number of thiazole rings is 1. The van der Waals surface area contributed by atoms with E-state index >= 15 is 0 Å². The van der Waals surface area contributed by atoms with E-state index in [1.165, 1.54) is 11.1 Å². The molecule has 0 aliphatic heterocycles. The Morgan fingerprint density at radius 1 is 1.37 bits per heavy atom. The Labute approximate surface area is 208 Å². The molecule has 1 amide bonds. The van der Waals surface area contributed by atoms with E-state index in [0.717, 1.165) is 53.1 Å². The lowest BCUT2D eigenvalue weighted by Gasteiger charge is -2.17. The molecular formula is C26H29N5O3S. The number of rotatable bonds is 8. The van der Waals surface area contributed by atoms with E-state index in [2.05, 4.69) is 27.6 Å². The molecule has 1 aromatic carbocycles. The van der Waals surface area contributed by atoms with E-state index in [4.69, 9.17) is 10.5 Å². The molecule has 2 aromatic rings. The van der Waals surface area contributed by atoms with Crippen molar-refractivity contribution in [3.8, 4) is 22.4 Å². The Morgan fingerprint density at radius 3 is 2.94 bits per heavy atom. The van der Waals surface area contributed by atoms with Gasteiger partial charge in [-0.15, -0.1) is 11.3 Å². The van der Waals surface area contributed by atoms with Crippen LogP contribution >= 0.6 is 11.3 Å². The molecule has 1 fully saturated rings. The molecule has 0 bridgehead atoms. The Balaban J connectivity index is 1.59. The molecule has 1 heterocycles. The van der Waals surface area contributed by atoms with Gasteiger partial charge in [0.05, 0.1) is 22.6 Å². The molecule has 1 saturated carbocycles. The van der Waals surface area contributed by atoms with Crippen LogP contribution in [-0.2, 0) is 4.79 Å². The van der Waals surface area contributed by atoms with E-state index in [-0.39, 0.29) is 24.6 Å². The number of carbonyl (C=O) groups is 1. The van der Waals surface area contributed by atoms with Crippen LogP contribution in [0.5, 0.6) is 5.75 Å². The molecule has 9 heteroatoms. The van der Waals surface area contributed by atoms with Gasteiger partial charge in [-0.25, -0.2) is 4.98 Å². The molecule has 0 spiro atoms. The van der Waals surface area contributed by atoms with Gasteiger partial charge >= 0.3 is 0 Å². The highest BCUT2D eigenvalue weighted by Gasteiger charge is 2.31. The Bertz CT molecular complexity index is 1220. The van der Waals surface area contributed by atoms with Crippen molar-refractivity contribution in [2.75, 3.05) is 6.54 Å². The first-order chi connectivity index (χ1) is 16.9. The third-order valence-corrected chi connectivity index (χ3v) is 7.31. The van der Waals surface area contributed by atoms with Crippen molar-refractivity contribution in [1.29, 1.82) is 5.26 Å². The van der Waals surface area contributed by atoms with E-state index < -0.39 is 6.04 Å². The van der Waals surface area contributed by atoms with E-state index in [9.17, 15) is 15.0 Å². The minimum Gasteiger partial charge on any atom is -0.490 e. The second-order valence-electron chi connectivity index (χ2n) is 9.05. The molecule has 2 atom stereocenters. The summed E-state index contributed by atoms with van der Waals surface area (Å²) >= 11 is 1.62. The average Bonchev–Trinajstić information content (AvgIpc) is 3.42. The fourth-order valence-corrected chi connectivity index (χ4v) is 5.61. The highest BCUT2D eigenvalue weighted by atomic mass is 32.1. The van der Waals surface area contributed by atoms with Gasteiger partial charge in [0.15, 0.2) is 0 Å². The molecule has 4 rings (SSSR count). The van der Waals surface area contributed by atoms with Gasteiger partial charge in [0.2, 0.25) is 5.91 Å². The van der Waals surface area contributed by atoms with Crippen molar-refractivity contribution in [2.45, 2.75) is 64.1 Å². The molecule has 0 saturated heterocycles. The summed E-state index contributed by atoms with van der Waals surface area (Å²) in [5.74, 6) is 0.231. The SMILES string of the molecule is CC(C)Oc1ccc(-c2ncc(C3=C4CCC(NC(=O)C(N)CN=O)C4=CCCC3)s2)cc1C#N. The van der Waals surface area contributed by atoms with Gasteiger partial charge in [-0.1, -0.05) is 11.3 Å². The molecule has 2 aliphatic carbocycles. The summed E-state index contributed by atoms with van der Waals surface area (Å²) in [7, 11) is 0. The van der Waals surface area contributed by atoms with Crippen LogP contribution in [0.3, 0.4) is 0 Å². The molecule has 2 aliphatic rings. The molecule has 0 radical (unpaired) electrons. The number of hydrogen-bond donors (Lipinski definition) is 2. The lowest BCUT2D eigenvalue weighted by Crippen LogP contribution is -2.46. The maximum Gasteiger partial charge on any atom is 0.239 e. The van der Waals surface area contributed by atoms with E-state index in [0.29, 0.717) is 11.3 Å². The number of amides is 1. The number of benzene rings is 1. The number of nitriles is 1. The summed E-state index contributed by atoms with van der Waals surface area (Å²) in [5, 5.41) is 16.2. The average molecular weight is 492 g/mol. The zero-order valence-electron chi connectivity index (χ0n) is 19.9. The lowest BCUT2D eigenvalue weighted by atomic mass is 10.00. The van der Waals surface area contributed by atoms with Crippen LogP contribution in [0, 0.1) is 16.2 Å². The number of nitrogens with two attached hydrogens (primary N) is 1. The maximum absolute atomic E-state index is 12.4. The monoisotopic (exact) mass is 491 g/mol. The normalized spacial score (nSPS) is 18.4. The first-order valence-electron chi connectivity index (χ1n) is 11.9. The number of nitroso groups, excluding NO2 is 1. The molecule has 3 N–H and O–H groups in total. The molecular weight excluding hydrogens is 462 g/mol. The third-order valence-electron chi connectivity index (χ3n) is 6.20. The Hall–Kier alpha value is -3.35. The van der Waals surface area contributed by atoms with Gasteiger partial charge in [-0.05, 0) is 80.9 Å². The fourth-order valence-electron chi connectivity index (χ4n) is 4.59. The Kier molecular flexibility index (Phi) is 7.73. The van der Waals surface area contributed by atoms with Crippen LogP contribution in [0.1, 0.15) is 56.4 Å². The zero-order valence-corrected chi connectivity index (χ0v) is 20.7. The van der Waals surface area contributed by atoms with Crippen LogP contribution in [0.15, 0.2) is 46.8 Å². The number of hydrogen-bond acceptors (Lipinski definition) is 8. The lowest BCUT2D eigenvalue weighted by molar-refractivity contribution is -0.122. The van der Waals surface area contributed by atoms with Crippen LogP contribution in [0.2, 0.25) is 0 Å². The summed E-state index contributed by atoms with van der Waals surface area (Å²) in [6, 6.07) is 6.79. The first-order valence-corrected chi connectivity index (χ1v) is 12.7. The van der Waals surface area contributed by atoms with Crippen LogP contribution < -0.4 is 15.8 Å². The third kappa shape index (κ3) is 5.50. The number of nitrogens with one attached hydrogen (secondary N) is 1. The van der Waals surface area contributed by atoms with E-state index in [1.54, 1.807) is 11.3 Å². The van der Waals surface area contributed by atoms with Crippen molar-refractivity contribution in [3.05, 3.63) is 57.0 Å². The topological polar surface area (TPSA) is 130 Å². The quantitative estimate of drug-likeness (QED) is 0.515. The molecule has 35 heavy (non-hydrogen) atoms. The number of nitrogens with zero attached hydrogens (tertiary/aromatic N) is 3. The number of aromatic nitrogens is 1. The summed E-state index contributed by atoms with van der Waals surface area (Å²) in [6.45, 7) is 3.64. The standard InChI is InChI=1S/C26H29N5O3S/c1-15(2)34-23-10-7-16(11-17(23)12-27)26-29-14-24(35-26)20-6-4-3-5-19-18(20)8-9-22(19)31-25(32)21(28)13-30-33/h5,7,10-11,14-15,21-22H,3-4,6,8-9,13,28H2,1-2H3,(H,31,32). The largest absolute Gasteiger partial charge is 0.490 e. The maximum atomic E-state index is 12.4. The van der Waals surface area contributed by atoms with Gasteiger partial charge in [0.1, 0.15) is 29.4 Å². The molecule has 182 valence electrons. The molecule has 8 nitrogen and oxygen atoms in total. The number of ether oxygens (including phenoxy) is 1. The number of fused-ring (bicyclic) bond motifs is 1. The predicted octanol–water partition coefficient (Wildman–Crippen LogP) is 4.71. The van der Waals surface area contributed by atoms with Gasteiger partial charge in [-0.2, -0.15) is 10.2 Å².